The van der Waals surface area contributed by atoms with E-state index in [1.165, 1.54) is 45.2 Å². The summed E-state index contributed by atoms with van der Waals surface area (Å²) in [6, 6.07) is 15.7. The van der Waals surface area contributed by atoms with Crippen LogP contribution in [0.1, 0.15) is 90.2 Å². The molecule has 3 atom stereocenters. The molecular weight excluding hydrogens is 488 g/mol. The summed E-state index contributed by atoms with van der Waals surface area (Å²) in [5.74, 6) is 0.744. The number of hydrogen-bond acceptors (Lipinski definition) is 4. The van der Waals surface area contributed by atoms with Gasteiger partial charge in [-0.1, -0.05) is 43.2 Å². The van der Waals surface area contributed by atoms with Crippen molar-refractivity contribution >= 4 is 23.4 Å². The number of benzene rings is 2. The highest BCUT2D eigenvalue weighted by molar-refractivity contribution is 6.16. The Kier molecular flexibility index (Phi) is 7.43. The molecule has 4 heterocycles. The third-order valence-corrected chi connectivity index (χ3v) is 9.34. The molecule has 2 saturated heterocycles. The molecule has 3 amide bonds. The van der Waals surface area contributed by atoms with Gasteiger partial charge in [0.15, 0.2) is 0 Å². The first-order valence-corrected chi connectivity index (χ1v) is 14.8. The molecule has 0 bridgehead atoms. The van der Waals surface area contributed by atoms with Crippen LogP contribution in [0.15, 0.2) is 48.5 Å². The summed E-state index contributed by atoms with van der Waals surface area (Å²) in [7, 11) is 1.97. The molecule has 6 rings (SSSR count). The number of piperidine rings is 2. The zero-order chi connectivity index (χ0) is 26.9. The number of rotatable bonds is 8. The quantitative estimate of drug-likeness (QED) is 0.448. The van der Waals surface area contributed by atoms with Gasteiger partial charge in [-0.2, -0.15) is 0 Å². The van der Waals surface area contributed by atoms with E-state index in [9.17, 15) is 14.4 Å². The second kappa shape index (κ2) is 11.1. The van der Waals surface area contributed by atoms with Gasteiger partial charge in [0, 0.05) is 43.7 Å². The normalized spacial score (nSPS) is 24.2. The van der Waals surface area contributed by atoms with E-state index >= 15 is 0 Å². The van der Waals surface area contributed by atoms with Gasteiger partial charge in [0.1, 0.15) is 6.17 Å². The van der Waals surface area contributed by atoms with Gasteiger partial charge in [-0.15, -0.1) is 0 Å². The zero-order valence-electron chi connectivity index (χ0n) is 23.1. The predicted octanol–water partition coefficient (Wildman–Crippen LogP) is 5.08. The first kappa shape index (κ1) is 26.1. The minimum Gasteiger partial charge on any atom is -0.345 e. The Balaban J connectivity index is 1.04. The van der Waals surface area contributed by atoms with Crippen LogP contribution < -0.4 is 4.90 Å². The summed E-state index contributed by atoms with van der Waals surface area (Å²) in [5, 5.41) is 0. The van der Waals surface area contributed by atoms with Crippen molar-refractivity contribution in [3.63, 3.8) is 0 Å². The largest absolute Gasteiger partial charge is 0.345 e. The highest BCUT2D eigenvalue weighted by Gasteiger charge is 2.47. The van der Waals surface area contributed by atoms with E-state index in [2.05, 4.69) is 4.90 Å². The van der Waals surface area contributed by atoms with E-state index < -0.39 is 6.17 Å². The molecule has 4 aliphatic heterocycles. The second-order valence-electron chi connectivity index (χ2n) is 11.7. The lowest BCUT2D eigenvalue weighted by molar-refractivity contribution is -0.131. The Bertz CT molecular complexity index is 1240. The number of hydrogen-bond donors (Lipinski definition) is 0. The fourth-order valence-electron chi connectivity index (χ4n) is 7.37. The minimum absolute atomic E-state index is 0.0311. The lowest BCUT2D eigenvalue weighted by Crippen LogP contribution is -2.51. The molecule has 0 saturated carbocycles. The average Bonchev–Trinajstić information content (AvgIpc) is 3.27. The molecule has 2 aromatic carbocycles. The number of carbonyl (C=O) groups excluding carboxylic acids is 3. The summed E-state index contributed by atoms with van der Waals surface area (Å²) in [6.45, 7) is 3.87. The van der Waals surface area contributed by atoms with E-state index in [1.807, 2.05) is 65.4 Å². The van der Waals surface area contributed by atoms with Crippen LogP contribution >= 0.6 is 0 Å². The zero-order valence-corrected chi connectivity index (χ0v) is 23.1. The number of amides is 3. The van der Waals surface area contributed by atoms with E-state index in [-0.39, 0.29) is 17.7 Å². The predicted molar refractivity (Wildman–Crippen MR) is 152 cm³/mol. The first-order valence-electron chi connectivity index (χ1n) is 14.8. The summed E-state index contributed by atoms with van der Waals surface area (Å²) < 4.78 is 0. The maximum Gasteiger partial charge on any atom is 0.260 e. The standard InChI is InChI=1S/C32H40N4O3/c1-33(22-23-12-11-20-34-19-10-8-16-27(23)34)29(37)18-3-2-9-21-35-30-24-13-4-5-14-25(24)32(39)36(30)28-17-7-6-15-26(28)31(35)38/h4-7,13-15,17,23,27,30H,2-3,8-12,16,18-22H2,1H3/t23-,27+,30?/m0/s1. The van der Waals surface area contributed by atoms with Crippen molar-refractivity contribution < 1.29 is 14.4 Å². The number of carbonyl (C=O) groups is 3. The summed E-state index contributed by atoms with van der Waals surface area (Å²) in [6.07, 6.45) is 9.01. The lowest BCUT2D eigenvalue weighted by Gasteiger charge is -2.45. The SMILES string of the molecule is CN(C[C@@H]1CCCN2CCCC[C@H]12)C(=O)CCCCCN1C(=O)c2ccccc2N2C(=O)c3ccccc3C12. The Hall–Kier alpha value is -3.19. The Morgan fingerprint density at radius 3 is 2.51 bits per heavy atom. The third kappa shape index (κ3) is 4.86. The molecule has 1 unspecified atom stereocenters. The molecule has 206 valence electrons. The van der Waals surface area contributed by atoms with Gasteiger partial charge in [-0.25, -0.2) is 0 Å². The molecule has 0 spiro atoms. The number of anilines is 1. The molecule has 39 heavy (non-hydrogen) atoms. The van der Waals surface area contributed by atoms with Crippen LogP contribution in [0.3, 0.4) is 0 Å². The van der Waals surface area contributed by atoms with Gasteiger partial charge >= 0.3 is 0 Å². The molecular formula is C32H40N4O3. The van der Waals surface area contributed by atoms with Gasteiger partial charge in [-0.05, 0) is 75.7 Å². The minimum atomic E-state index is -0.404. The molecule has 0 aromatic heterocycles. The molecule has 0 N–H and O–H groups in total. The summed E-state index contributed by atoms with van der Waals surface area (Å²) >= 11 is 0. The van der Waals surface area contributed by atoms with Crippen LogP contribution in [-0.4, -0.2) is 71.7 Å². The summed E-state index contributed by atoms with van der Waals surface area (Å²) in [5.41, 5.74) is 2.82. The maximum absolute atomic E-state index is 13.6. The van der Waals surface area contributed by atoms with Crippen molar-refractivity contribution in [2.45, 2.75) is 70.0 Å². The van der Waals surface area contributed by atoms with Crippen LogP contribution in [0.2, 0.25) is 0 Å². The monoisotopic (exact) mass is 528 g/mol. The number of fused-ring (bicyclic) bond motifs is 6. The summed E-state index contributed by atoms with van der Waals surface area (Å²) in [4.78, 5) is 48.1. The highest BCUT2D eigenvalue weighted by atomic mass is 16.2. The van der Waals surface area contributed by atoms with Crippen LogP contribution in [0.5, 0.6) is 0 Å². The van der Waals surface area contributed by atoms with Crippen LogP contribution in [-0.2, 0) is 4.79 Å². The van der Waals surface area contributed by atoms with Crippen LogP contribution in [0.25, 0.3) is 0 Å². The number of nitrogens with zero attached hydrogens (tertiary/aromatic N) is 4. The molecule has 2 fully saturated rings. The Morgan fingerprint density at radius 2 is 1.64 bits per heavy atom. The molecule has 4 aliphatic rings. The van der Waals surface area contributed by atoms with E-state index in [1.54, 1.807) is 4.90 Å². The van der Waals surface area contributed by atoms with Crippen molar-refractivity contribution in [2.75, 3.05) is 38.1 Å². The molecule has 0 radical (unpaired) electrons. The molecule has 7 heteroatoms. The topological polar surface area (TPSA) is 64.2 Å². The Morgan fingerprint density at radius 1 is 0.872 bits per heavy atom. The van der Waals surface area contributed by atoms with Gasteiger partial charge in [0.25, 0.3) is 11.8 Å². The fourth-order valence-corrected chi connectivity index (χ4v) is 7.37. The second-order valence-corrected chi connectivity index (χ2v) is 11.7. The van der Waals surface area contributed by atoms with Crippen LogP contribution in [0.4, 0.5) is 5.69 Å². The van der Waals surface area contributed by atoms with E-state index in [0.717, 1.165) is 31.4 Å². The van der Waals surface area contributed by atoms with Gasteiger partial charge < -0.3 is 14.7 Å². The first-order chi connectivity index (χ1) is 19.0. The van der Waals surface area contributed by atoms with Gasteiger partial charge in [0.2, 0.25) is 5.91 Å². The van der Waals surface area contributed by atoms with E-state index in [4.69, 9.17) is 0 Å². The maximum atomic E-state index is 13.6. The van der Waals surface area contributed by atoms with Crippen LogP contribution in [0, 0.1) is 5.92 Å². The lowest BCUT2D eigenvalue weighted by atomic mass is 9.83. The van der Waals surface area contributed by atoms with Crippen molar-refractivity contribution in [3.05, 3.63) is 65.2 Å². The van der Waals surface area contributed by atoms with Gasteiger partial charge in [0.05, 0.1) is 11.3 Å². The van der Waals surface area contributed by atoms with Gasteiger partial charge in [-0.3, -0.25) is 19.3 Å². The van der Waals surface area contributed by atoms with Crippen molar-refractivity contribution in [1.82, 2.24) is 14.7 Å². The number of para-hydroxylation sites is 1. The fraction of sp³-hybridized carbons (Fsp3) is 0.531. The number of unbranched alkanes of at least 4 members (excludes halogenated alkanes) is 2. The Labute approximate surface area is 231 Å². The van der Waals surface area contributed by atoms with Crippen molar-refractivity contribution in [1.29, 1.82) is 0 Å². The van der Waals surface area contributed by atoms with E-state index in [0.29, 0.717) is 41.7 Å². The third-order valence-electron chi connectivity index (χ3n) is 9.34. The molecule has 2 aromatic rings. The average molecular weight is 529 g/mol. The molecule has 0 aliphatic carbocycles. The smallest absolute Gasteiger partial charge is 0.260 e. The van der Waals surface area contributed by atoms with Crippen molar-refractivity contribution in [2.24, 2.45) is 5.92 Å². The van der Waals surface area contributed by atoms with Crippen molar-refractivity contribution in [3.8, 4) is 0 Å². The molecule has 7 nitrogen and oxygen atoms in total. The highest BCUT2D eigenvalue weighted by Crippen LogP contribution is 2.45.